The van der Waals surface area contributed by atoms with Crippen molar-refractivity contribution in [3.8, 4) is 11.8 Å². The van der Waals surface area contributed by atoms with Crippen LogP contribution in [0.3, 0.4) is 0 Å². The van der Waals surface area contributed by atoms with Crippen molar-refractivity contribution in [2.24, 2.45) is 0 Å². The minimum atomic E-state index is -5.74. The number of carbonyl (C=O) groups excluding carboxylic acids is 1. The molecule has 0 atom stereocenters. The highest BCUT2D eigenvalue weighted by atomic mass is 19.4. The number of piperazine rings is 1. The molecule has 2 aliphatic rings. The molecule has 162 valence electrons. The number of fused-ring (bicyclic) bond motifs is 1. The number of carbonyl (C=O) groups is 1. The topological polar surface area (TPSA) is 45.7 Å². The van der Waals surface area contributed by atoms with Crippen LogP contribution in [-0.2, 0) is 11.2 Å². The second kappa shape index (κ2) is 8.08. The molecule has 1 aromatic rings. The zero-order valence-electron chi connectivity index (χ0n) is 15.8. The average Bonchev–Trinajstić information content (AvgIpc) is 2.89. The molecular weight excluding hydrogens is 416 g/mol. The van der Waals surface area contributed by atoms with Crippen molar-refractivity contribution in [2.75, 3.05) is 31.1 Å². The lowest BCUT2D eigenvalue weighted by Crippen LogP contribution is -2.53. The van der Waals surface area contributed by atoms with Crippen LogP contribution in [0.5, 0.6) is 0 Å². The first-order valence-corrected chi connectivity index (χ1v) is 8.96. The van der Waals surface area contributed by atoms with Gasteiger partial charge in [-0.15, -0.1) is 0 Å². The van der Waals surface area contributed by atoms with Gasteiger partial charge in [-0.1, -0.05) is 11.8 Å². The molecule has 2 heterocycles. The Hall–Kier alpha value is -2.90. The molecule has 0 N–H and O–H groups in total. The number of rotatable bonds is 2. The number of alkyl halides is 6. The lowest BCUT2D eigenvalue weighted by Gasteiger charge is -2.37. The van der Waals surface area contributed by atoms with Crippen LogP contribution in [0, 0.1) is 18.8 Å². The highest BCUT2D eigenvalue weighted by molar-refractivity contribution is 5.70. The summed E-state index contributed by atoms with van der Waals surface area (Å²) in [6.45, 7) is 2.07. The maximum atomic E-state index is 12.6. The number of hydrogen-bond acceptors (Lipinski definition) is 4. The lowest BCUT2D eigenvalue weighted by molar-refractivity contribution is -0.308. The summed E-state index contributed by atoms with van der Waals surface area (Å²) in [6, 6.07) is 1.84. The summed E-state index contributed by atoms with van der Waals surface area (Å²) in [4.78, 5) is 19.1. The minimum absolute atomic E-state index is 0.0844. The third-order valence-electron chi connectivity index (χ3n) is 4.64. The Morgan fingerprint density at radius 1 is 1.13 bits per heavy atom. The van der Waals surface area contributed by atoms with Crippen molar-refractivity contribution >= 4 is 17.9 Å². The van der Waals surface area contributed by atoms with Crippen molar-refractivity contribution in [2.45, 2.75) is 31.8 Å². The normalized spacial score (nSPS) is 16.7. The van der Waals surface area contributed by atoms with Gasteiger partial charge in [0, 0.05) is 49.5 Å². The first-order chi connectivity index (χ1) is 14.0. The van der Waals surface area contributed by atoms with Gasteiger partial charge < -0.3 is 14.5 Å². The van der Waals surface area contributed by atoms with Crippen molar-refractivity contribution in [1.82, 2.24) is 9.88 Å². The molecule has 1 aromatic heterocycles. The van der Waals surface area contributed by atoms with E-state index in [1.807, 2.05) is 17.9 Å². The SMILES string of the molecule is Cc1cc(N2CCN(C(=O)OC(C(F)(F)F)C(F)(F)F)CC2)c2c(n1)C=CC#CC2. The molecule has 1 saturated heterocycles. The fourth-order valence-electron chi connectivity index (χ4n) is 3.25. The van der Waals surface area contributed by atoms with Crippen LogP contribution < -0.4 is 4.90 Å². The molecule has 5 nitrogen and oxygen atoms in total. The molecule has 30 heavy (non-hydrogen) atoms. The van der Waals surface area contributed by atoms with Gasteiger partial charge in [-0.3, -0.25) is 4.98 Å². The first-order valence-electron chi connectivity index (χ1n) is 8.96. The predicted molar refractivity (Wildman–Crippen MR) is 95.7 cm³/mol. The number of nitrogens with zero attached hydrogens (tertiary/aromatic N) is 3. The monoisotopic (exact) mass is 433 g/mol. The quantitative estimate of drug-likeness (QED) is 0.527. The van der Waals surface area contributed by atoms with E-state index in [-0.39, 0.29) is 26.2 Å². The van der Waals surface area contributed by atoms with E-state index in [4.69, 9.17) is 0 Å². The summed E-state index contributed by atoms with van der Waals surface area (Å²) >= 11 is 0. The van der Waals surface area contributed by atoms with Gasteiger partial charge in [0.25, 0.3) is 6.10 Å². The van der Waals surface area contributed by atoms with Gasteiger partial charge in [0.1, 0.15) is 0 Å². The maximum Gasteiger partial charge on any atom is 0.434 e. The highest BCUT2D eigenvalue weighted by Crippen LogP contribution is 2.36. The third-order valence-corrected chi connectivity index (χ3v) is 4.64. The summed E-state index contributed by atoms with van der Waals surface area (Å²) in [5.74, 6) is 5.84. The Kier molecular flexibility index (Phi) is 5.87. The number of aryl methyl sites for hydroxylation is 1. The van der Waals surface area contributed by atoms with Crippen molar-refractivity contribution < 1.29 is 35.9 Å². The number of ether oxygens (including phenoxy) is 1. The van der Waals surface area contributed by atoms with Gasteiger partial charge in [-0.2, -0.15) is 26.3 Å². The average molecular weight is 433 g/mol. The largest absolute Gasteiger partial charge is 0.434 e. The van der Waals surface area contributed by atoms with Gasteiger partial charge in [0.15, 0.2) is 0 Å². The molecular formula is C19H17F6N3O2. The number of anilines is 1. The predicted octanol–water partition coefficient (Wildman–Crippen LogP) is 3.71. The Bertz CT molecular complexity index is 892. The number of aromatic nitrogens is 1. The number of halogens is 6. The van der Waals surface area contributed by atoms with Crippen LogP contribution in [0.2, 0.25) is 0 Å². The summed E-state index contributed by atoms with van der Waals surface area (Å²) in [6.07, 6.45) is -13.4. The highest BCUT2D eigenvalue weighted by Gasteiger charge is 2.60. The van der Waals surface area contributed by atoms with Gasteiger partial charge in [0.2, 0.25) is 0 Å². The molecule has 0 bridgehead atoms. The molecule has 1 aliphatic carbocycles. The van der Waals surface area contributed by atoms with Crippen molar-refractivity contribution in [1.29, 1.82) is 0 Å². The van der Waals surface area contributed by atoms with Gasteiger partial charge in [-0.05, 0) is 25.1 Å². The Morgan fingerprint density at radius 3 is 2.37 bits per heavy atom. The van der Waals surface area contributed by atoms with E-state index in [9.17, 15) is 31.1 Å². The maximum absolute atomic E-state index is 12.6. The van der Waals surface area contributed by atoms with E-state index < -0.39 is 24.5 Å². The number of pyridine rings is 1. The van der Waals surface area contributed by atoms with Crippen LogP contribution in [0.15, 0.2) is 12.1 Å². The minimum Gasteiger partial charge on any atom is -0.426 e. The molecule has 0 spiro atoms. The number of hydrogen-bond donors (Lipinski definition) is 0. The molecule has 0 saturated carbocycles. The van der Waals surface area contributed by atoms with E-state index in [0.717, 1.165) is 27.5 Å². The molecule has 0 radical (unpaired) electrons. The van der Waals surface area contributed by atoms with Crippen LogP contribution in [0.25, 0.3) is 6.08 Å². The second-order valence-electron chi connectivity index (χ2n) is 6.80. The second-order valence-corrected chi connectivity index (χ2v) is 6.80. The van der Waals surface area contributed by atoms with Crippen LogP contribution in [-0.4, -0.2) is 60.6 Å². The third kappa shape index (κ3) is 4.80. The zero-order valence-corrected chi connectivity index (χ0v) is 15.8. The summed E-state index contributed by atoms with van der Waals surface area (Å²) in [7, 11) is 0. The molecule has 0 unspecified atom stereocenters. The molecule has 1 amide bonds. The van der Waals surface area contributed by atoms with E-state index in [1.54, 1.807) is 12.2 Å². The first kappa shape index (κ1) is 21.8. The van der Waals surface area contributed by atoms with E-state index >= 15 is 0 Å². The zero-order chi connectivity index (χ0) is 22.1. The van der Waals surface area contributed by atoms with Crippen LogP contribution >= 0.6 is 0 Å². The van der Waals surface area contributed by atoms with Crippen LogP contribution in [0.4, 0.5) is 36.8 Å². The van der Waals surface area contributed by atoms with Crippen molar-refractivity contribution in [3.63, 3.8) is 0 Å². The standard InChI is InChI=1S/C19H17F6N3O2/c1-12-11-15(13-5-3-2-4-6-14(13)26-12)27-7-9-28(10-8-27)17(29)30-16(18(20,21)22)19(23,24)25/h4,6,11,16H,5,7-10H2,1H3. The summed E-state index contributed by atoms with van der Waals surface area (Å²) in [5.41, 5.74) is 3.19. The lowest BCUT2D eigenvalue weighted by atomic mass is 10.1. The van der Waals surface area contributed by atoms with E-state index in [1.165, 1.54) is 0 Å². The Labute approximate surface area is 168 Å². The fraction of sp³-hybridized carbons (Fsp3) is 0.474. The van der Waals surface area contributed by atoms with Gasteiger partial charge in [0.05, 0.1) is 5.69 Å². The summed E-state index contributed by atoms with van der Waals surface area (Å²) < 4.78 is 79.4. The Balaban J connectivity index is 1.70. The van der Waals surface area contributed by atoms with Crippen LogP contribution in [0.1, 0.15) is 17.0 Å². The smallest absolute Gasteiger partial charge is 0.426 e. The molecule has 3 rings (SSSR count). The van der Waals surface area contributed by atoms with E-state index in [0.29, 0.717) is 6.42 Å². The molecule has 1 fully saturated rings. The van der Waals surface area contributed by atoms with Gasteiger partial charge >= 0.3 is 18.4 Å². The van der Waals surface area contributed by atoms with Gasteiger partial charge in [-0.25, -0.2) is 4.79 Å². The molecule has 1 aliphatic heterocycles. The number of allylic oxidation sites excluding steroid dienone is 1. The Morgan fingerprint density at radius 2 is 1.77 bits per heavy atom. The fourth-order valence-corrected chi connectivity index (χ4v) is 3.25. The molecule has 11 heteroatoms. The number of amides is 1. The molecule has 0 aromatic carbocycles. The summed E-state index contributed by atoms with van der Waals surface area (Å²) in [5, 5.41) is 0. The van der Waals surface area contributed by atoms with Crippen molar-refractivity contribution in [3.05, 3.63) is 29.1 Å². The van der Waals surface area contributed by atoms with E-state index in [2.05, 4.69) is 21.6 Å².